The van der Waals surface area contributed by atoms with Gasteiger partial charge in [-0.25, -0.2) is 0 Å². The summed E-state index contributed by atoms with van der Waals surface area (Å²) in [4.78, 5) is 26.3. The van der Waals surface area contributed by atoms with Gasteiger partial charge < -0.3 is 15.5 Å². The summed E-state index contributed by atoms with van der Waals surface area (Å²) in [5.41, 5.74) is 4.31. The quantitative estimate of drug-likeness (QED) is 0.307. The lowest BCUT2D eigenvalue weighted by Crippen LogP contribution is -2.21. The van der Waals surface area contributed by atoms with Crippen LogP contribution in [-0.2, 0) is 0 Å². The maximum atomic E-state index is 12.5. The van der Waals surface area contributed by atoms with Gasteiger partial charge in [0, 0.05) is 52.9 Å². The average Bonchev–Trinajstić information content (AvgIpc) is 2.94. The summed E-state index contributed by atoms with van der Waals surface area (Å²) in [7, 11) is 3.46. The number of hydrogen-bond acceptors (Lipinski definition) is 5. The second kappa shape index (κ2) is 10.3. The molecule has 0 aliphatic carbocycles. The van der Waals surface area contributed by atoms with E-state index in [1.807, 2.05) is 78.9 Å². The van der Waals surface area contributed by atoms with E-state index in [9.17, 15) is 9.59 Å². The molecule has 0 fully saturated rings. The fourth-order valence-corrected chi connectivity index (χ4v) is 4.00. The first-order valence-electron chi connectivity index (χ1n) is 11.8. The summed E-state index contributed by atoms with van der Waals surface area (Å²) in [5, 5.41) is 17.0. The normalized spacial score (nSPS) is 10.6. The van der Waals surface area contributed by atoms with Crippen molar-refractivity contribution in [3.05, 3.63) is 114 Å². The van der Waals surface area contributed by atoms with Crippen LogP contribution in [0.25, 0.3) is 22.0 Å². The van der Waals surface area contributed by atoms with E-state index in [2.05, 4.69) is 20.8 Å². The van der Waals surface area contributed by atoms with Crippen molar-refractivity contribution in [1.82, 2.24) is 15.1 Å². The number of carbonyl (C=O) groups is 2. The maximum absolute atomic E-state index is 12.5. The lowest BCUT2D eigenvalue weighted by Gasteiger charge is -2.13. The third-order valence-corrected chi connectivity index (χ3v) is 5.94. The van der Waals surface area contributed by atoms with Crippen LogP contribution in [0.3, 0.4) is 0 Å². The molecule has 7 nitrogen and oxygen atoms in total. The number of aromatic nitrogens is 2. The minimum absolute atomic E-state index is 0.0504. The van der Waals surface area contributed by atoms with Gasteiger partial charge in [0.05, 0.1) is 0 Å². The number of anilines is 3. The Balaban J connectivity index is 1.38. The predicted molar refractivity (Wildman–Crippen MR) is 147 cm³/mol. The maximum Gasteiger partial charge on any atom is 0.255 e. The third-order valence-electron chi connectivity index (χ3n) is 5.94. The Labute approximate surface area is 214 Å². The van der Waals surface area contributed by atoms with Crippen molar-refractivity contribution in [3.8, 4) is 11.3 Å². The van der Waals surface area contributed by atoms with Gasteiger partial charge in [0.15, 0.2) is 5.82 Å². The number of carbonyl (C=O) groups excluding carboxylic acids is 2. The smallest absolute Gasteiger partial charge is 0.255 e. The van der Waals surface area contributed by atoms with Gasteiger partial charge in [-0.15, -0.1) is 10.2 Å². The van der Waals surface area contributed by atoms with Gasteiger partial charge in [-0.3, -0.25) is 9.59 Å². The average molecular weight is 488 g/mol. The van der Waals surface area contributed by atoms with Crippen LogP contribution < -0.4 is 10.6 Å². The highest BCUT2D eigenvalue weighted by molar-refractivity contribution is 6.05. The molecule has 2 N–H and O–H groups in total. The molecule has 182 valence electrons. The summed E-state index contributed by atoms with van der Waals surface area (Å²) in [6.45, 7) is 0. The molecule has 0 saturated carbocycles. The molecule has 0 atom stereocenters. The van der Waals surface area contributed by atoms with E-state index in [1.54, 1.807) is 43.3 Å². The Morgan fingerprint density at radius 2 is 1.27 bits per heavy atom. The molecule has 0 saturated heterocycles. The van der Waals surface area contributed by atoms with E-state index in [4.69, 9.17) is 0 Å². The van der Waals surface area contributed by atoms with Crippen molar-refractivity contribution in [1.29, 1.82) is 0 Å². The van der Waals surface area contributed by atoms with Crippen molar-refractivity contribution in [2.24, 2.45) is 0 Å². The number of amides is 2. The van der Waals surface area contributed by atoms with E-state index >= 15 is 0 Å². The summed E-state index contributed by atoms with van der Waals surface area (Å²) in [5.74, 6) is 0.386. The molecule has 0 unspecified atom stereocenters. The third kappa shape index (κ3) is 5.16. The second-order valence-corrected chi connectivity index (χ2v) is 8.74. The SMILES string of the molecule is CN(C)C(=O)c1ccc(-c2nnc(Nc3ccc(C(=O)Nc4ccccc4)cc3)c3ccccc23)cc1. The highest BCUT2D eigenvalue weighted by atomic mass is 16.2. The molecule has 1 heterocycles. The Morgan fingerprint density at radius 1 is 0.649 bits per heavy atom. The number of hydrogen-bond donors (Lipinski definition) is 2. The number of fused-ring (bicyclic) bond motifs is 1. The molecule has 0 radical (unpaired) electrons. The van der Waals surface area contributed by atoms with E-state index < -0.39 is 0 Å². The molecular formula is C30H25N5O2. The number of nitrogens with one attached hydrogen (secondary N) is 2. The fraction of sp³-hybridized carbons (Fsp3) is 0.0667. The Bertz CT molecular complexity index is 1560. The van der Waals surface area contributed by atoms with Crippen LogP contribution in [-0.4, -0.2) is 41.0 Å². The van der Waals surface area contributed by atoms with Gasteiger partial charge in [0.25, 0.3) is 11.8 Å². The second-order valence-electron chi connectivity index (χ2n) is 8.74. The molecule has 0 spiro atoms. The van der Waals surface area contributed by atoms with Crippen molar-refractivity contribution in [2.45, 2.75) is 0 Å². The molecule has 1 aromatic heterocycles. The lowest BCUT2D eigenvalue weighted by atomic mass is 10.0. The fourth-order valence-electron chi connectivity index (χ4n) is 4.00. The molecular weight excluding hydrogens is 462 g/mol. The van der Waals surface area contributed by atoms with E-state index in [-0.39, 0.29) is 11.8 Å². The molecule has 5 aromatic rings. The molecule has 0 bridgehead atoms. The van der Waals surface area contributed by atoms with Crippen molar-refractivity contribution >= 4 is 39.8 Å². The minimum Gasteiger partial charge on any atom is -0.345 e. The highest BCUT2D eigenvalue weighted by Gasteiger charge is 2.13. The van der Waals surface area contributed by atoms with E-state index in [1.165, 1.54) is 0 Å². The number of benzene rings is 4. The van der Waals surface area contributed by atoms with E-state index in [0.29, 0.717) is 16.9 Å². The number of para-hydroxylation sites is 1. The van der Waals surface area contributed by atoms with E-state index in [0.717, 1.165) is 33.4 Å². The van der Waals surface area contributed by atoms with Gasteiger partial charge in [-0.1, -0.05) is 54.6 Å². The van der Waals surface area contributed by atoms with Crippen molar-refractivity contribution in [2.75, 3.05) is 24.7 Å². The summed E-state index contributed by atoms with van der Waals surface area (Å²) in [6.07, 6.45) is 0. The molecule has 7 heteroatoms. The molecule has 5 rings (SSSR count). The first-order valence-corrected chi connectivity index (χ1v) is 11.8. The first-order chi connectivity index (χ1) is 18.0. The zero-order chi connectivity index (χ0) is 25.8. The van der Waals surface area contributed by atoms with Crippen LogP contribution >= 0.6 is 0 Å². The van der Waals surface area contributed by atoms with Crippen LogP contribution in [0, 0.1) is 0 Å². The van der Waals surface area contributed by atoms with Crippen LogP contribution in [0.2, 0.25) is 0 Å². The van der Waals surface area contributed by atoms with Gasteiger partial charge in [0.2, 0.25) is 0 Å². The standard InChI is InChI=1S/C30H25N5O2/c1-35(2)30(37)22-14-12-20(13-15-22)27-25-10-6-7-11-26(25)28(34-33-27)31-24-18-16-21(17-19-24)29(36)32-23-8-4-3-5-9-23/h3-19H,1-2H3,(H,31,34)(H,32,36). The Hall–Kier alpha value is -5.04. The van der Waals surface area contributed by atoms with Gasteiger partial charge in [0.1, 0.15) is 5.69 Å². The summed E-state index contributed by atoms with van der Waals surface area (Å²) < 4.78 is 0. The minimum atomic E-state index is -0.175. The summed E-state index contributed by atoms with van der Waals surface area (Å²) >= 11 is 0. The van der Waals surface area contributed by atoms with Gasteiger partial charge in [-0.05, 0) is 48.5 Å². The van der Waals surface area contributed by atoms with Crippen molar-refractivity contribution < 1.29 is 9.59 Å². The van der Waals surface area contributed by atoms with Crippen LogP contribution in [0.5, 0.6) is 0 Å². The molecule has 2 amide bonds. The molecule has 37 heavy (non-hydrogen) atoms. The largest absolute Gasteiger partial charge is 0.345 e. The van der Waals surface area contributed by atoms with Crippen LogP contribution in [0.1, 0.15) is 20.7 Å². The van der Waals surface area contributed by atoms with Crippen LogP contribution in [0.4, 0.5) is 17.2 Å². The molecule has 0 aliphatic heterocycles. The lowest BCUT2D eigenvalue weighted by molar-refractivity contribution is 0.0827. The zero-order valence-electron chi connectivity index (χ0n) is 20.5. The predicted octanol–water partition coefficient (Wildman–Crippen LogP) is 5.99. The molecule has 4 aromatic carbocycles. The van der Waals surface area contributed by atoms with Crippen LogP contribution in [0.15, 0.2) is 103 Å². The molecule has 0 aliphatic rings. The van der Waals surface area contributed by atoms with Gasteiger partial charge >= 0.3 is 0 Å². The first kappa shape index (κ1) is 23.7. The monoisotopic (exact) mass is 487 g/mol. The van der Waals surface area contributed by atoms with Gasteiger partial charge in [-0.2, -0.15) is 0 Å². The number of rotatable bonds is 6. The summed E-state index contributed by atoms with van der Waals surface area (Å²) in [6, 6.07) is 31.8. The topological polar surface area (TPSA) is 87.2 Å². The Kier molecular flexibility index (Phi) is 6.59. The highest BCUT2D eigenvalue weighted by Crippen LogP contribution is 2.31. The van der Waals surface area contributed by atoms with Crippen molar-refractivity contribution in [3.63, 3.8) is 0 Å². The number of nitrogens with zero attached hydrogens (tertiary/aromatic N) is 3. The Morgan fingerprint density at radius 3 is 1.95 bits per heavy atom. The zero-order valence-corrected chi connectivity index (χ0v) is 20.5.